The molecule has 0 bridgehead atoms. The number of amides is 1. The van der Waals surface area contributed by atoms with Crippen LogP contribution in [0, 0.1) is 0 Å². The highest BCUT2D eigenvalue weighted by Gasteiger charge is 2.04. The molecule has 0 aliphatic rings. The normalized spacial score (nSPS) is 10.3. The maximum absolute atomic E-state index is 12.0. The Labute approximate surface area is 136 Å². The van der Waals surface area contributed by atoms with Gasteiger partial charge in [0.2, 0.25) is 5.91 Å². The summed E-state index contributed by atoms with van der Waals surface area (Å²) in [6.45, 7) is 4.72. The molecule has 0 saturated heterocycles. The van der Waals surface area contributed by atoms with Crippen LogP contribution in [0.25, 0.3) is 0 Å². The number of aryl methyl sites for hydroxylation is 1. The number of ether oxygens (including phenoxy) is 1. The Balaban J connectivity index is 1.84. The molecule has 2 aromatic rings. The molecular weight excluding hydrogens is 294 g/mol. The van der Waals surface area contributed by atoms with Crippen molar-refractivity contribution < 1.29 is 9.53 Å². The third kappa shape index (κ3) is 5.11. The molecule has 1 N–H and O–H groups in total. The molecule has 0 radical (unpaired) electrons. The van der Waals surface area contributed by atoms with E-state index in [0.717, 1.165) is 22.8 Å². The Kier molecular flexibility index (Phi) is 6.34. The van der Waals surface area contributed by atoms with Crippen LogP contribution >= 0.6 is 11.8 Å². The first-order chi connectivity index (χ1) is 10.7. The van der Waals surface area contributed by atoms with Gasteiger partial charge < -0.3 is 10.1 Å². The summed E-state index contributed by atoms with van der Waals surface area (Å²) in [6, 6.07) is 15.8. The van der Waals surface area contributed by atoms with Crippen LogP contribution in [0.3, 0.4) is 0 Å². The zero-order valence-corrected chi connectivity index (χ0v) is 13.8. The summed E-state index contributed by atoms with van der Waals surface area (Å²) in [4.78, 5) is 13.1. The van der Waals surface area contributed by atoms with Crippen LogP contribution in [0.4, 0.5) is 5.69 Å². The van der Waals surface area contributed by atoms with Gasteiger partial charge in [-0.3, -0.25) is 4.79 Å². The number of rotatable bonds is 7. The van der Waals surface area contributed by atoms with E-state index in [1.165, 1.54) is 17.3 Å². The van der Waals surface area contributed by atoms with Crippen molar-refractivity contribution in [2.24, 2.45) is 0 Å². The van der Waals surface area contributed by atoms with Crippen molar-refractivity contribution in [1.29, 1.82) is 0 Å². The van der Waals surface area contributed by atoms with Crippen molar-refractivity contribution in [3.8, 4) is 5.75 Å². The lowest BCUT2D eigenvalue weighted by molar-refractivity contribution is -0.113. The molecule has 3 nitrogen and oxygen atoms in total. The molecule has 0 heterocycles. The van der Waals surface area contributed by atoms with Crippen molar-refractivity contribution in [2.45, 2.75) is 25.2 Å². The van der Waals surface area contributed by atoms with Gasteiger partial charge in [-0.1, -0.05) is 19.1 Å². The fraction of sp³-hybridized carbons (Fsp3) is 0.278. The highest BCUT2D eigenvalue weighted by Crippen LogP contribution is 2.21. The van der Waals surface area contributed by atoms with E-state index in [1.807, 2.05) is 49.4 Å². The molecule has 0 aliphatic carbocycles. The number of carbonyl (C=O) groups is 1. The summed E-state index contributed by atoms with van der Waals surface area (Å²) in [7, 11) is 0. The minimum Gasteiger partial charge on any atom is -0.494 e. The van der Waals surface area contributed by atoms with Crippen LogP contribution in [0.2, 0.25) is 0 Å². The molecule has 2 aromatic carbocycles. The molecule has 1 amide bonds. The number of benzene rings is 2. The van der Waals surface area contributed by atoms with Crippen LogP contribution in [-0.4, -0.2) is 18.3 Å². The van der Waals surface area contributed by atoms with Gasteiger partial charge in [0.15, 0.2) is 0 Å². The molecule has 0 atom stereocenters. The fourth-order valence-electron chi connectivity index (χ4n) is 2.01. The second-order valence-corrected chi connectivity index (χ2v) is 5.84. The maximum atomic E-state index is 12.0. The van der Waals surface area contributed by atoms with E-state index in [1.54, 1.807) is 0 Å². The molecule has 0 aliphatic heterocycles. The highest BCUT2D eigenvalue weighted by atomic mass is 32.2. The van der Waals surface area contributed by atoms with E-state index in [-0.39, 0.29) is 5.91 Å². The lowest BCUT2D eigenvalue weighted by Crippen LogP contribution is -2.14. The van der Waals surface area contributed by atoms with E-state index in [4.69, 9.17) is 4.74 Å². The lowest BCUT2D eigenvalue weighted by Gasteiger charge is -2.07. The Bertz CT molecular complexity index is 611. The average Bonchev–Trinajstić information content (AvgIpc) is 2.55. The van der Waals surface area contributed by atoms with Gasteiger partial charge in [0.05, 0.1) is 12.4 Å². The van der Waals surface area contributed by atoms with Gasteiger partial charge in [0.25, 0.3) is 0 Å². The van der Waals surface area contributed by atoms with Crippen LogP contribution in [0.5, 0.6) is 5.75 Å². The molecule has 0 aromatic heterocycles. The minimum atomic E-state index is 0.00661. The zero-order chi connectivity index (χ0) is 15.8. The second kappa shape index (κ2) is 8.49. The molecule has 2 rings (SSSR count). The molecule has 22 heavy (non-hydrogen) atoms. The van der Waals surface area contributed by atoms with Crippen molar-refractivity contribution in [3.05, 3.63) is 54.1 Å². The number of nitrogens with one attached hydrogen (secondary N) is 1. The van der Waals surface area contributed by atoms with Gasteiger partial charge >= 0.3 is 0 Å². The van der Waals surface area contributed by atoms with Gasteiger partial charge in [-0.2, -0.15) is 0 Å². The van der Waals surface area contributed by atoms with Crippen molar-refractivity contribution in [1.82, 2.24) is 0 Å². The minimum absolute atomic E-state index is 0.00661. The lowest BCUT2D eigenvalue weighted by atomic mass is 10.1. The number of hydrogen-bond donors (Lipinski definition) is 1. The van der Waals surface area contributed by atoms with Crippen molar-refractivity contribution in [2.75, 3.05) is 17.7 Å². The van der Waals surface area contributed by atoms with Crippen molar-refractivity contribution in [3.63, 3.8) is 0 Å². The molecular formula is C18H21NO2S. The van der Waals surface area contributed by atoms with Crippen LogP contribution in [-0.2, 0) is 11.2 Å². The first kappa shape index (κ1) is 16.4. The SMILES string of the molecule is CCOc1ccc(SCC(=O)Nc2cccc(CC)c2)cc1. The molecule has 0 unspecified atom stereocenters. The number of anilines is 1. The monoisotopic (exact) mass is 315 g/mol. The summed E-state index contributed by atoms with van der Waals surface area (Å²) in [5.74, 6) is 1.25. The Hall–Kier alpha value is -1.94. The third-order valence-electron chi connectivity index (χ3n) is 3.12. The molecule has 0 fully saturated rings. The smallest absolute Gasteiger partial charge is 0.234 e. The average molecular weight is 315 g/mol. The highest BCUT2D eigenvalue weighted by molar-refractivity contribution is 8.00. The molecule has 116 valence electrons. The van der Waals surface area contributed by atoms with E-state index in [2.05, 4.69) is 18.3 Å². The van der Waals surface area contributed by atoms with E-state index in [0.29, 0.717) is 12.4 Å². The van der Waals surface area contributed by atoms with Gasteiger partial charge in [0.1, 0.15) is 5.75 Å². The van der Waals surface area contributed by atoms with Gasteiger partial charge in [0, 0.05) is 10.6 Å². The number of thioether (sulfide) groups is 1. The summed E-state index contributed by atoms with van der Waals surface area (Å²) >= 11 is 1.52. The Morgan fingerprint density at radius 3 is 2.59 bits per heavy atom. The first-order valence-electron chi connectivity index (χ1n) is 7.45. The summed E-state index contributed by atoms with van der Waals surface area (Å²) in [5.41, 5.74) is 2.08. The predicted molar refractivity (Wildman–Crippen MR) is 92.8 cm³/mol. The van der Waals surface area contributed by atoms with Crippen molar-refractivity contribution >= 4 is 23.4 Å². The van der Waals surface area contributed by atoms with Crippen LogP contribution in [0.1, 0.15) is 19.4 Å². The van der Waals surface area contributed by atoms with E-state index in [9.17, 15) is 4.79 Å². The fourth-order valence-corrected chi connectivity index (χ4v) is 2.71. The van der Waals surface area contributed by atoms with Gasteiger partial charge in [-0.25, -0.2) is 0 Å². The topological polar surface area (TPSA) is 38.3 Å². The largest absolute Gasteiger partial charge is 0.494 e. The van der Waals surface area contributed by atoms with Crippen LogP contribution in [0.15, 0.2) is 53.4 Å². The number of hydrogen-bond acceptors (Lipinski definition) is 3. The molecule has 0 saturated carbocycles. The summed E-state index contributed by atoms with van der Waals surface area (Å²) < 4.78 is 5.40. The second-order valence-electron chi connectivity index (χ2n) is 4.80. The molecule has 4 heteroatoms. The third-order valence-corrected chi connectivity index (χ3v) is 4.14. The Morgan fingerprint density at radius 2 is 1.91 bits per heavy atom. The zero-order valence-electron chi connectivity index (χ0n) is 13.0. The van der Waals surface area contributed by atoms with E-state index < -0.39 is 0 Å². The first-order valence-corrected chi connectivity index (χ1v) is 8.44. The standard InChI is InChI=1S/C18H21NO2S/c1-3-14-6-5-7-15(12-14)19-18(20)13-22-17-10-8-16(9-11-17)21-4-2/h5-12H,3-4,13H2,1-2H3,(H,19,20). The summed E-state index contributed by atoms with van der Waals surface area (Å²) in [6.07, 6.45) is 0.963. The van der Waals surface area contributed by atoms with E-state index >= 15 is 0 Å². The molecule has 0 spiro atoms. The van der Waals surface area contributed by atoms with Gasteiger partial charge in [-0.05, 0) is 55.3 Å². The Morgan fingerprint density at radius 1 is 1.14 bits per heavy atom. The predicted octanol–water partition coefficient (Wildman–Crippen LogP) is 4.38. The van der Waals surface area contributed by atoms with Crippen LogP contribution < -0.4 is 10.1 Å². The number of carbonyl (C=O) groups excluding carboxylic acids is 1. The summed E-state index contributed by atoms with van der Waals surface area (Å²) in [5, 5.41) is 2.93. The quantitative estimate of drug-likeness (QED) is 0.771. The van der Waals surface area contributed by atoms with Gasteiger partial charge in [-0.15, -0.1) is 11.8 Å². The maximum Gasteiger partial charge on any atom is 0.234 e.